The van der Waals surface area contributed by atoms with Gasteiger partial charge in [0.1, 0.15) is 23.9 Å². The number of aromatic amines is 1. The molecule has 8 N–H and O–H groups in total. The molecule has 36 heavy (non-hydrogen) atoms. The molecule has 1 aromatic carbocycles. The number of phenolic OH excluding ortho intramolecular Hbond substituents is 1. The maximum absolute atomic E-state index is 13.1. The number of nitrogens with two attached hydrogens (primary N) is 1. The van der Waals surface area contributed by atoms with Crippen molar-refractivity contribution in [3.63, 3.8) is 0 Å². The zero-order valence-electron chi connectivity index (χ0n) is 20.0. The van der Waals surface area contributed by atoms with Gasteiger partial charge in [-0.3, -0.25) is 14.4 Å². The molecule has 3 amide bonds. The van der Waals surface area contributed by atoms with E-state index in [0.29, 0.717) is 5.69 Å². The van der Waals surface area contributed by atoms with Crippen LogP contribution in [0.1, 0.15) is 25.1 Å². The lowest BCUT2D eigenvalue weighted by Crippen LogP contribution is -2.59. The number of nitrogens with zero attached hydrogens (tertiary/aromatic N) is 1. The molecule has 2 rings (SSSR count). The molecule has 1 heterocycles. The minimum atomic E-state index is -1.26. The van der Waals surface area contributed by atoms with Crippen molar-refractivity contribution < 1.29 is 29.4 Å². The quantitative estimate of drug-likeness (QED) is 0.159. The summed E-state index contributed by atoms with van der Waals surface area (Å²) in [4.78, 5) is 56.8. The fourth-order valence-electron chi connectivity index (χ4n) is 3.32. The maximum Gasteiger partial charge on any atom is 0.327 e. The lowest BCUT2D eigenvalue weighted by molar-refractivity contribution is -0.141. The predicted octanol–water partition coefficient (Wildman–Crippen LogP) is -0.647. The minimum absolute atomic E-state index is 0.00954. The van der Waals surface area contributed by atoms with Gasteiger partial charge < -0.3 is 36.9 Å². The topological polar surface area (TPSA) is 200 Å². The number of amides is 3. The number of phenols is 1. The minimum Gasteiger partial charge on any atom is -0.508 e. The highest BCUT2D eigenvalue weighted by molar-refractivity contribution is 7.80. The van der Waals surface area contributed by atoms with Crippen molar-refractivity contribution in [1.29, 1.82) is 0 Å². The van der Waals surface area contributed by atoms with Gasteiger partial charge >= 0.3 is 5.97 Å². The highest BCUT2D eigenvalue weighted by Gasteiger charge is 2.31. The van der Waals surface area contributed by atoms with Gasteiger partial charge in [0.05, 0.1) is 12.4 Å². The molecule has 196 valence electrons. The predicted molar refractivity (Wildman–Crippen MR) is 134 cm³/mol. The Morgan fingerprint density at radius 1 is 1.00 bits per heavy atom. The summed E-state index contributed by atoms with van der Waals surface area (Å²) in [5.41, 5.74) is 7.30. The fourth-order valence-corrected chi connectivity index (χ4v) is 3.57. The normalized spacial score (nSPS) is 14.4. The molecule has 2 aromatic rings. The van der Waals surface area contributed by atoms with Gasteiger partial charge in [-0.2, -0.15) is 12.6 Å². The van der Waals surface area contributed by atoms with Crippen LogP contribution in [0.15, 0.2) is 36.8 Å². The number of hydrogen-bond donors (Lipinski definition) is 8. The molecular formula is C23H32N6O6S. The Labute approximate surface area is 213 Å². The number of aromatic hydroxyl groups is 1. The summed E-state index contributed by atoms with van der Waals surface area (Å²) in [6, 6.07) is 1.88. The molecule has 12 nitrogen and oxygen atoms in total. The first-order chi connectivity index (χ1) is 17.0. The number of imidazole rings is 1. The molecule has 0 bridgehead atoms. The molecule has 0 aliphatic heterocycles. The first-order valence-electron chi connectivity index (χ1n) is 11.3. The van der Waals surface area contributed by atoms with Crippen molar-refractivity contribution >= 4 is 36.3 Å². The Kier molecular flexibility index (Phi) is 10.7. The van der Waals surface area contributed by atoms with E-state index in [-0.39, 0.29) is 30.3 Å². The van der Waals surface area contributed by atoms with E-state index in [1.807, 2.05) is 0 Å². The Balaban J connectivity index is 2.11. The third-order valence-corrected chi connectivity index (χ3v) is 5.75. The van der Waals surface area contributed by atoms with E-state index >= 15 is 0 Å². The number of rotatable bonds is 13. The average molecular weight is 521 g/mol. The summed E-state index contributed by atoms with van der Waals surface area (Å²) in [5.74, 6) is -3.59. The molecule has 0 radical (unpaired) electrons. The second-order valence-electron chi connectivity index (χ2n) is 8.63. The van der Waals surface area contributed by atoms with Crippen molar-refractivity contribution in [3.8, 4) is 5.75 Å². The number of thiol groups is 1. The number of carboxylic acid groups (broad SMARTS) is 1. The molecule has 0 aliphatic rings. The van der Waals surface area contributed by atoms with Crippen LogP contribution in [0.3, 0.4) is 0 Å². The molecule has 13 heteroatoms. The Hall–Kier alpha value is -3.58. The van der Waals surface area contributed by atoms with Gasteiger partial charge in [-0.15, -0.1) is 0 Å². The van der Waals surface area contributed by atoms with E-state index in [9.17, 15) is 29.4 Å². The molecule has 0 saturated carbocycles. The molecule has 4 atom stereocenters. The first-order valence-corrected chi connectivity index (χ1v) is 11.9. The van der Waals surface area contributed by atoms with Crippen molar-refractivity contribution in [3.05, 3.63) is 48.0 Å². The number of aromatic nitrogens is 2. The monoisotopic (exact) mass is 520 g/mol. The zero-order valence-corrected chi connectivity index (χ0v) is 20.9. The van der Waals surface area contributed by atoms with Gasteiger partial charge in [-0.25, -0.2) is 9.78 Å². The van der Waals surface area contributed by atoms with Gasteiger partial charge in [0.25, 0.3) is 0 Å². The van der Waals surface area contributed by atoms with Crippen molar-refractivity contribution in [1.82, 2.24) is 25.9 Å². The third kappa shape index (κ3) is 8.57. The van der Waals surface area contributed by atoms with E-state index in [0.717, 1.165) is 5.56 Å². The summed E-state index contributed by atoms with van der Waals surface area (Å²) < 4.78 is 0. The number of H-pyrrole nitrogens is 1. The van der Waals surface area contributed by atoms with Crippen LogP contribution < -0.4 is 21.7 Å². The third-order valence-electron chi connectivity index (χ3n) is 5.38. The van der Waals surface area contributed by atoms with Crippen molar-refractivity contribution in [2.24, 2.45) is 11.7 Å². The van der Waals surface area contributed by atoms with Crippen LogP contribution >= 0.6 is 12.6 Å². The number of hydrogen-bond acceptors (Lipinski definition) is 8. The van der Waals surface area contributed by atoms with Crippen LogP contribution in [-0.2, 0) is 32.0 Å². The van der Waals surface area contributed by atoms with E-state index in [2.05, 4.69) is 38.5 Å². The summed E-state index contributed by atoms with van der Waals surface area (Å²) in [5, 5.41) is 26.2. The smallest absolute Gasteiger partial charge is 0.327 e. The van der Waals surface area contributed by atoms with Crippen LogP contribution in [0.4, 0.5) is 0 Å². The Bertz CT molecular complexity index is 1030. The van der Waals surface area contributed by atoms with E-state index in [4.69, 9.17) is 5.73 Å². The number of benzene rings is 1. The largest absolute Gasteiger partial charge is 0.508 e. The molecule has 1 aromatic heterocycles. The second kappa shape index (κ2) is 13.5. The lowest BCUT2D eigenvalue weighted by atomic mass is 10.0. The Morgan fingerprint density at radius 2 is 1.64 bits per heavy atom. The summed E-state index contributed by atoms with van der Waals surface area (Å²) >= 11 is 3.94. The maximum atomic E-state index is 13.1. The van der Waals surface area contributed by atoms with E-state index in [1.165, 1.54) is 24.7 Å². The SMILES string of the molecule is CC(C)C(NC(=O)C(N)Cc1ccc(O)cc1)C(=O)NC(Cc1cnc[nH]1)C(=O)NC(CS)C(=O)O. The van der Waals surface area contributed by atoms with Crippen LogP contribution in [0.25, 0.3) is 0 Å². The lowest BCUT2D eigenvalue weighted by Gasteiger charge is -2.26. The zero-order chi connectivity index (χ0) is 26.8. The van der Waals surface area contributed by atoms with Crippen LogP contribution in [-0.4, -0.2) is 73.8 Å². The van der Waals surface area contributed by atoms with Crippen LogP contribution in [0.2, 0.25) is 0 Å². The molecule has 0 aliphatic carbocycles. The molecule has 4 unspecified atom stereocenters. The van der Waals surface area contributed by atoms with Crippen molar-refractivity contribution in [2.45, 2.75) is 50.9 Å². The molecular weight excluding hydrogens is 488 g/mol. The summed E-state index contributed by atoms with van der Waals surface area (Å²) in [6.45, 7) is 3.45. The fraction of sp³-hybridized carbons (Fsp3) is 0.435. The van der Waals surface area contributed by atoms with E-state index in [1.54, 1.807) is 26.0 Å². The Morgan fingerprint density at radius 3 is 2.17 bits per heavy atom. The van der Waals surface area contributed by atoms with Gasteiger partial charge in [-0.05, 0) is 30.0 Å². The molecule has 0 fully saturated rings. The number of carbonyl (C=O) groups is 4. The van der Waals surface area contributed by atoms with E-state index < -0.39 is 47.9 Å². The number of nitrogens with one attached hydrogen (secondary N) is 4. The van der Waals surface area contributed by atoms with Crippen molar-refractivity contribution in [2.75, 3.05) is 5.75 Å². The number of carbonyl (C=O) groups excluding carboxylic acids is 3. The first kappa shape index (κ1) is 28.7. The highest BCUT2D eigenvalue weighted by atomic mass is 32.1. The summed E-state index contributed by atoms with van der Waals surface area (Å²) in [7, 11) is 0. The van der Waals surface area contributed by atoms with Crippen LogP contribution in [0, 0.1) is 5.92 Å². The summed E-state index contributed by atoms with van der Waals surface area (Å²) in [6.07, 6.45) is 3.08. The van der Waals surface area contributed by atoms with Gasteiger partial charge in [0.2, 0.25) is 17.7 Å². The number of carboxylic acids is 1. The number of aliphatic carboxylic acids is 1. The molecule has 0 spiro atoms. The highest BCUT2D eigenvalue weighted by Crippen LogP contribution is 2.12. The molecule has 0 saturated heterocycles. The van der Waals surface area contributed by atoms with Gasteiger partial charge in [-0.1, -0.05) is 26.0 Å². The van der Waals surface area contributed by atoms with Crippen LogP contribution in [0.5, 0.6) is 5.75 Å². The average Bonchev–Trinajstić information content (AvgIpc) is 3.34. The van der Waals surface area contributed by atoms with Gasteiger partial charge in [0.15, 0.2) is 0 Å². The second-order valence-corrected chi connectivity index (χ2v) is 9.00. The van der Waals surface area contributed by atoms with Gasteiger partial charge in [0, 0.05) is 24.1 Å². The standard InChI is InChI=1S/C23H32N6O6S/c1-12(2)19(29-20(31)16(24)7-13-3-5-15(30)6-4-13)22(33)27-17(8-14-9-25-11-26-14)21(32)28-18(10-36)23(34)35/h3-6,9,11-12,16-19,30,36H,7-8,10,24H2,1-2H3,(H,25,26)(H,27,33)(H,28,32)(H,29,31)(H,34,35).